The summed E-state index contributed by atoms with van der Waals surface area (Å²) in [5.41, 5.74) is 2.77. The number of anilines is 1. The van der Waals surface area contributed by atoms with Gasteiger partial charge in [0.15, 0.2) is 5.76 Å². The Bertz CT molecular complexity index is 1520. The van der Waals surface area contributed by atoms with E-state index >= 15 is 0 Å². The van der Waals surface area contributed by atoms with Crippen molar-refractivity contribution in [3.05, 3.63) is 95.5 Å². The van der Waals surface area contributed by atoms with Crippen molar-refractivity contribution < 1.29 is 18.7 Å². The first kappa shape index (κ1) is 22.4. The number of ether oxygens (including phenoxy) is 1. The molecule has 8 nitrogen and oxygen atoms in total. The molecule has 2 aromatic carbocycles. The highest BCUT2D eigenvalue weighted by Crippen LogP contribution is 2.28. The van der Waals surface area contributed by atoms with Crippen molar-refractivity contribution in [3.8, 4) is 17.1 Å². The predicted molar refractivity (Wildman–Crippen MR) is 132 cm³/mol. The lowest BCUT2D eigenvalue weighted by molar-refractivity contribution is -0.112. The van der Waals surface area contributed by atoms with Gasteiger partial charge in [0.05, 0.1) is 18.9 Å². The Hall–Kier alpha value is -4.43. The van der Waals surface area contributed by atoms with Crippen LogP contribution < -0.4 is 10.1 Å². The Balaban J connectivity index is 1.44. The summed E-state index contributed by atoms with van der Waals surface area (Å²) in [6.45, 7) is 0.490. The van der Waals surface area contributed by atoms with Gasteiger partial charge in [-0.05, 0) is 48.0 Å². The summed E-state index contributed by atoms with van der Waals surface area (Å²) in [4.78, 5) is 34.0. The van der Waals surface area contributed by atoms with Crippen molar-refractivity contribution in [2.45, 2.75) is 6.54 Å². The van der Waals surface area contributed by atoms with Gasteiger partial charge in [0, 0.05) is 46.6 Å². The minimum absolute atomic E-state index is 0.0716. The molecule has 0 aliphatic carbocycles. The van der Waals surface area contributed by atoms with Gasteiger partial charge in [-0.25, -0.2) is 4.98 Å². The normalized spacial score (nSPS) is 10.9. The molecule has 0 atom stereocenters. The number of fused-ring (bicyclic) bond motifs is 1. The first-order valence-corrected chi connectivity index (χ1v) is 11.0. The molecule has 0 spiro atoms. The zero-order chi connectivity index (χ0) is 24.4. The smallest absolute Gasteiger partial charge is 0.302 e. The standard InChI is InChI=1S/C26H19ClN4O4/c1-34-19-6-7-22-20(12-19)21(15-31(22)14-16-2-4-18(27)5-3-16)24(32)25(33)30-26-29-13-23(35-26)17-8-10-28-11-9-17/h2-13,15H,14H2,1H3,(H,29,30,33). The molecule has 3 aromatic heterocycles. The Labute approximate surface area is 205 Å². The summed E-state index contributed by atoms with van der Waals surface area (Å²) in [7, 11) is 1.54. The molecule has 0 saturated carbocycles. The minimum Gasteiger partial charge on any atom is -0.497 e. The number of ketones is 1. The van der Waals surface area contributed by atoms with E-state index < -0.39 is 11.7 Å². The van der Waals surface area contributed by atoms with Crippen LogP contribution in [-0.4, -0.2) is 33.3 Å². The summed E-state index contributed by atoms with van der Waals surface area (Å²) < 4.78 is 12.8. The van der Waals surface area contributed by atoms with Crippen molar-refractivity contribution >= 4 is 40.2 Å². The van der Waals surface area contributed by atoms with Crippen LogP contribution in [0.15, 0.2) is 83.8 Å². The number of oxazole rings is 1. The van der Waals surface area contributed by atoms with Crippen LogP contribution in [0.5, 0.6) is 5.75 Å². The highest BCUT2D eigenvalue weighted by Gasteiger charge is 2.24. The highest BCUT2D eigenvalue weighted by molar-refractivity contribution is 6.48. The number of aromatic nitrogens is 3. The molecule has 1 N–H and O–H groups in total. The number of amides is 1. The van der Waals surface area contributed by atoms with Crippen LogP contribution >= 0.6 is 11.6 Å². The van der Waals surface area contributed by atoms with Crippen molar-refractivity contribution in [2.75, 3.05) is 12.4 Å². The van der Waals surface area contributed by atoms with E-state index in [9.17, 15) is 9.59 Å². The van der Waals surface area contributed by atoms with E-state index in [1.807, 2.05) is 41.0 Å². The monoisotopic (exact) mass is 486 g/mol. The van der Waals surface area contributed by atoms with Gasteiger partial charge in [0.25, 0.3) is 11.7 Å². The zero-order valence-electron chi connectivity index (χ0n) is 18.6. The van der Waals surface area contributed by atoms with E-state index in [1.54, 1.807) is 43.9 Å². The molecular weight excluding hydrogens is 468 g/mol. The second-order valence-corrected chi connectivity index (χ2v) is 8.17. The van der Waals surface area contributed by atoms with Crippen molar-refractivity contribution in [3.63, 3.8) is 0 Å². The Morgan fingerprint density at radius 2 is 1.86 bits per heavy atom. The lowest BCUT2D eigenvalue weighted by Gasteiger charge is -2.06. The molecule has 174 valence electrons. The van der Waals surface area contributed by atoms with Crippen molar-refractivity contribution in [1.82, 2.24) is 14.5 Å². The number of benzene rings is 2. The van der Waals surface area contributed by atoms with E-state index in [2.05, 4.69) is 15.3 Å². The van der Waals surface area contributed by atoms with Crippen LogP contribution in [0.4, 0.5) is 6.01 Å². The van der Waals surface area contributed by atoms with Crippen LogP contribution in [0.3, 0.4) is 0 Å². The molecule has 9 heteroatoms. The van der Waals surface area contributed by atoms with Gasteiger partial charge in [0.2, 0.25) is 0 Å². The molecule has 5 aromatic rings. The molecule has 0 aliphatic rings. The third kappa shape index (κ3) is 4.64. The summed E-state index contributed by atoms with van der Waals surface area (Å²) in [6, 6.07) is 16.3. The first-order valence-electron chi connectivity index (χ1n) is 10.6. The maximum atomic E-state index is 13.2. The second-order valence-electron chi connectivity index (χ2n) is 7.73. The van der Waals surface area contributed by atoms with E-state index in [0.29, 0.717) is 28.5 Å². The molecule has 0 bridgehead atoms. The summed E-state index contributed by atoms with van der Waals surface area (Å²) >= 11 is 6.00. The van der Waals surface area contributed by atoms with Gasteiger partial charge < -0.3 is 13.7 Å². The fraction of sp³-hybridized carbons (Fsp3) is 0.0769. The molecule has 0 unspecified atom stereocenters. The third-order valence-corrected chi connectivity index (χ3v) is 5.75. The van der Waals surface area contributed by atoms with Crippen LogP contribution in [0.1, 0.15) is 15.9 Å². The van der Waals surface area contributed by atoms with Gasteiger partial charge in [-0.15, -0.1) is 0 Å². The van der Waals surface area contributed by atoms with E-state index in [-0.39, 0.29) is 11.6 Å². The number of nitrogens with zero attached hydrogens (tertiary/aromatic N) is 3. The number of carbonyl (C=O) groups is 2. The second kappa shape index (κ2) is 9.44. The van der Waals surface area contributed by atoms with Gasteiger partial charge in [0.1, 0.15) is 5.75 Å². The number of Topliss-reactive ketones (excluding diaryl/α,β-unsaturated/α-hetero) is 1. The predicted octanol–water partition coefficient (Wildman–Crippen LogP) is 5.22. The first-order chi connectivity index (χ1) is 17.0. The quantitative estimate of drug-likeness (QED) is 0.250. The number of hydrogen-bond acceptors (Lipinski definition) is 6. The van der Waals surface area contributed by atoms with Crippen molar-refractivity contribution in [2.24, 2.45) is 0 Å². The van der Waals surface area contributed by atoms with E-state index in [0.717, 1.165) is 16.6 Å². The number of pyridine rings is 1. The number of carbonyl (C=O) groups excluding carboxylic acids is 2. The summed E-state index contributed by atoms with van der Waals surface area (Å²) in [5.74, 6) is -0.561. The SMILES string of the molecule is COc1ccc2c(c1)c(C(=O)C(=O)Nc1ncc(-c3ccncc3)o1)cn2Cc1ccc(Cl)cc1. The largest absolute Gasteiger partial charge is 0.497 e. The Morgan fingerprint density at radius 3 is 2.60 bits per heavy atom. The molecule has 1 amide bonds. The Morgan fingerprint density at radius 1 is 1.09 bits per heavy atom. The number of rotatable bonds is 7. The zero-order valence-corrected chi connectivity index (χ0v) is 19.3. The lowest BCUT2D eigenvalue weighted by Crippen LogP contribution is -2.22. The lowest BCUT2D eigenvalue weighted by atomic mass is 10.1. The van der Waals surface area contributed by atoms with Crippen molar-refractivity contribution in [1.29, 1.82) is 0 Å². The maximum absolute atomic E-state index is 13.2. The number of hydrogen-bond donors (Lipinski definition) is 1. The van der Waals surface area contributed by atoms with Crippen LogP contribution in [-0.2, 0) is 11.3 Å². The molecule has 35 heavy (non-hydrogen) atoms. The van der Waals surface area contributed by atoms with Gasteiger partial charge in [-0.1, -0.05) is 23.7 Å². The highest BCUT2D eigenvalue weighted by atomic mass is 35.5. The van der Waals surface area contributed by atoms with Crippen LogP contribution in [0.25, 0.3) is 22.2 Å². The summed E-state index contributed by atoms with van der Waals surface area (Å²) in [6.07, 6.45) is 6.37. The molecule has 3 heterocycles. The molecule has 0 radical (unpaired) electrons. The van der Waals surface area contributed by atoms with Crippen LogP contribution in [0.2, 0.25) is 5.02 Å². The number of methoxy groups -OCH3 is 1. The average Bonchev–Trinajstić information content (AvgIpc) is 3.50. The number of halogens is 1. The molecule has 5 rings (SSSR count). The molecular formula is C26H19ClN4O4. The number of nitrogens with one attached hydrogen (secondary N) is 1. The average molecular weight is 487 g/mol. The third-order valence-electron chi connectivity index (χ3n) is 5.50. The van der Waals surface area contributed by atoms with E-state index in [1.165, 1.54) is 6.20 Å². The minimum atomic E-state index is -0.860. The van der Waals surface area contributed by atoms with Gasteiger partial charge in [-0.3, -0.25) is 19.9 Å². The molecule has 0 aliphatic heterocycles. The fourth-order valence-corrected chi connectivity index (χ4v) is 3.89. The fourth-order valence-electron chi connectivity index (χ4n) is 3.76. The summed E-state index contributed by atoms with van der Waals surface area (Å²) in [5, 5.41) is 3.69. The van der Waals surface area contributed by atoms with E-state index in [4.69, 9.17) is 20.8 Å². The molecule has 0 saturated heterocycles. The van der Waals surface area contributed by atoms with Gasteiger partial charge >= 0.3 is 6.01 Å². The Kier molecular flexibility index (Phi) is 6.03. The topological polar surface area (TPSA) is 99.2 Å². The van der Waals surface area contributed by atoms with Crippen LogP contribution in [0, 0.1) is 0 Å². The van der Waals surface area contributed by atoms with Gasteiger partial charge in [-0.2, -0.15) is 0 Å². The maximum Gasteiger partial charge on any atom is 0.302 e. The molecule has 0 fully saturated rings.